The molecule has 1 atom stereocenters. The first-order chi connectivity index (χ1) is 13.6. The average Bonchev–Trinajstić information content (AvgIpc) is 3.21. The van der Waals surface area contributed by atoms with Crippen molar-refractivity contribution in [2.45, 2.75) is 50.8 Å². The van der Waals surface area contributed by atoms with Gasteiger partial charge in [-0.2, -0.15) is 0 Å². The summed E-state index contributed by atoms with van der Waals surface area (Å²) in [4.78, 5) is 14.4. The summed E-state index contributed by atoms with van der Waals surface area (Å²) in [7, 11) is 1.99. The standard InChI is InChI=1S/C21H28N4O2S/c1-4-25(5-2)16-9-7-15(8-10-16)18-22-23-20(24(18)3)28-14-17-13-21(11-6-12-21)19(26)27-17/h7-10,17H,4-6,11-14H2,1-3H3/t17-/m1/s1. The number of cyclic esters (lactones) is 1. The zero-order valence-electron chi connectivity index (χ0n) is 16.9. The topological polar surface area (TPSA) is 60.3 Å². The molecule has 6 nitrogen and oxygen atoms in total. The van der Waals surface area contributed by atoms with E-state index < -0.39 is 0 Å². The first-order valence-corrected chi connectivity index (χ1v) is 11.1. The molecule has 0 bridgehead atoms. The summed E-state index contributed by atoms with van der Waals surface area (Å²) >= 11 is 1.62. The lowest BCUT2D eigenvalue weighted by molar-refractivity contribution is -0.151. The summed E-state index contributed by atoms with van der Waals surface area (Å²) in [6.45, 7) is 6.32. The van der Waals surface area contributed by atoms with Crippen molar-refractivity contribution >= 4 is 23.4 Å². The summed E-state index contributed by atoms with van der Waals surface area (Å²) in [6.07, 6.45) is 3.98. The van der Waals surface area contributed by atoms with E-state index in [1.54, 1.807) is 11.8 Å². The summed E-state index contributed by atoms with van der Waals surface area (Å²) in [6, 6.07) is 8.48. The number of carbonyl (C=O) groups is 1. The fourth-order valence-corrected chi connectivity index (χ4v) is 5.11. The van der Waals surface area contributed by atoms with E-state index in [2.05, 4.69) is 53.2 Å². The Labute approximate surface area is 170 Å². The molecule has 2 aromatic rings. The fraction of sp³-hybridized carbons (Fsp3) is 0.571. The lowest BCUT2D eigenvalue weighted by Gasteiger charge is -2.33. The van der Waals surface area contributed by atoms with Crippen LogP contribution in [0.15, 0.2) is 29.4 Å². The Hall–Kier alpha value is -2.02. The van der Waals surface area contributed by atoms with Crippen LogP contribution in [0.1, 0.15) is 39.5 Å². The van der Waals surface area contributed by atoms with Gasteiger partial charge in [0.1, 0.15) is 6.10 Å². The molecule has 1 saturated heterocycles. The highest BCUT2D eigenvalue weighted by Gasteiger charge is 2.52. The zero-order chi connectivity index (χ0) is 19.7. The van der Waals surface area contributed by atoms with Crippen LogP contribution in [-0.4, -0.2) is 45.7 Å². The van der Waals surface area contributed by atoms with Gasteiger partial charge in [0.25, 0.3) is 0 Å². The third kappa shape index (κ3) is 3.41. The van der Waals surface area contributed by atoms with Gasteiger partial charge in [-0.15, -0.1) is 10.2 Å². The molecule has 2 aliphatic rings. The van der Waals surface area contributed by atoms with Gasteiger partial charge in [0.15, 0.2) is 11.0 Å². The molecule has 2 fully saturated rings. The highest BCUT2D eigenvalue weighted by atomic mass is 32.2. The van der Waals surface area contributed by atoms with E-state index in [1.165, 1.54) is 5.69 Å². The summed E-state index contributed by atoms with van der Waals surface area (Å²) < 4.78 is 7.63. The minimum atomic E-state index is -0.164. The molecule has 28 heavy (non-hydrogen) atoms. The molecule has 7 heteroatoms. The van der Waals surface area contributed by atoms with Gasteiger partial charge >= 0.3 is 5.97 Å². The Balaban J connectivity index is 1.41. The molecule has 0 amide bonds. The molecular formula is C21H28N4O2S. The maximum atomic E-state index is 12.1. The molecule has 2 heterocycles. The monoisotopic (exact) mass is 400 g/mol. The molecule has 1 spiro atoms. The van der Waals surface area contributed by atoms with Crippen molar-refractivity contribution in [3.05, 3.63) is 24.3 Å². The molecule has 1 saturated carbocycles. The van der Waals surface area contributed by atoms with Crippen LogP contribution in [-0.2, 0) is 16.6 Å². The van der Waals surface area contributed by atoms with Crippen LogP contribution in [0.3, 0.4) is 0 Å². The predicted molar refractivity (Wildman–Crippen MR) is 112 cm³/mol. The summed E-state index contributed by atoms with van der Waals surface area (Å²) in [5.41, 5.74) is 2.11. The number of benzene rings is 1. The number of nitrogens with zero attached hydrogens (tertiary/aromatic N) is 4. The minimum absolute atomic E-state index is 0.00805. The second-order valence-corrected chi connectivity index (χ2v) is 8.75. The first-order valence-electron chi connectivity index (χ1n) is 10.1. The number of hydrogen-bond donors (Lipinski definition) is 0. The van der Waals surface area contributed by atoms with Crippen molar-refractivity contribution in [3.63, 3.8) is 0 Å². The maximum absolute atomic E-state index is 12.1. The fourth-order valence-electron chi connectivity index (χ4n) is 4.21. The van der Waals surface area contributed by atoms with Crippen LogP contribution < -0.4 is 4.90 Å². The van der Waals surface area contributed by atoms with Crippen LogP contribution >= 0.6 is 11.8 Å². The smallest absolute Gasteiger partial charge is 0.312 e. The van der Waals surface area contributed by atoms with Gasteiger partial charge in [0, 0.05) is 43.6 Å². The van der Waals surface area contributed by atoms with Crippen LogP contribution in [0.5, 0.6) is 0 Å². The lowest BCUT2D eigenvalue weighted by Crippen LogP contribution is -2.33. The van der Waals surface area contributed by atoms with Gasteiger partial charge in [-0.1, -0.05) is 18.2 Å². The van der Waals surface area contributed by atoms with E-state index >= 15 is 0 Å². The molecular weight excluding hydrogens is 372 g/mol. The Morgan fingerprint density at radius 1 is 1.21 bits per heavy atom. The van der Waals surface area contributed by atoms with Gasteiger partial charge in [-0.25, -0.2) is 0 Å². The molecule has 1 aliphatic carbocycles. The van der Waals surface area contributed by atoms with Crippen molar-refractivity contribution in [2.75, 3.05) is 23.7 Å². The second-order valence-electron chi connectivity index (χ2n) is 7.76. The molecule has 150 valence electrons. The Morgan fingerprint density at radius 2 is 1.93 bits per heavy atom. The average molecular weight is 401 g/mol. The van der Waals surface area contributed by atoms with Crippen molar-refractivity contribution < 1.29 is 9.53 Å². The normalized spacial score (nSPS) is 20.2. The number of anilines is 1. The molecule has 1 aromatic carbocycles. The Morgan fingerprint density at radius 3 is 2.50 bits per heavy atom. The zero-order valence-corrected chi connectivity index (χ0v) is 17.7. The van der Waals surface area contributed by atoms with E-state index in [4.69, 9.17) is 4.74 Å². The number of thioether (sulfide) groups is 1. The van der Waals surface area contributed by atoms with Gasteiger partial charge in [-0.05, 0) is 51.0 Å². The molecule has 1 aromatic heterocycles. The SMILES string of the molecule is CCN(CC)c1ccc(-c2nnc(SC[C@H]3CC4(CCC4)C(=O)O3)n2C)cc1. The van der Waals surface area contributed by atoms with Gasteiger partial charge < -0.3 is 14.2 Å². The number of esters is 1. The Bertz CT molecular complexity index is 841. The van der Waals surface area contributed by atoms with Gasteiger partial charge in [0.2, 0.25) is 0 Å². The lowest BCUT2D eigenvalue weighted by atomic mass is 9.67. The Kier molecular flexibility index (Phi) is 5.36. The quantitative estimate of drug-likeness (QED) is 0.519. The number of aromatic nitrogens is 3. The third-order valence-electron chi connectivity index (χ3n) is 6.12. The van der Waals surface area contributed by atoms with Crippen LogP contribution in [0, 0.1) is 5.41 Å². The second kappa shape index (κ2) is 7.78. The summed E-state index contributed by atoms with van der Waals surface area (Å²) in [5.74, 6) is 1.60. The van der Waals surface area contributed by atoms with Gasteiger partial charge in [0.05, 0.1) is 5.41 Å². The van der Waals surface area contributed by atoms with Crippen molar-refractivity contribution in [1.82, 2.24) is 14.8 Å². The maximum Gasteiger partial charge on any atom is 0.312 e. The minimum Gasteiger partial charge on any atom is -0.461 e. The van der Waals surface area contributed by atoms with E-state index in [0.717, 1.165) is 61.1 Å². The van der Waals surface area contributed by atoms with E-state index in [9.17, 15) is 4.79 Å². The molecule has 1 aliphatic heterocycles. The van der Waals surface area contributed by atoms with Crippen molar-refractivity contribution in [1.29, 1.82) is 0 Å². The van der Waals surface area contributed by atoms with Crippen LogP contribution in [0.25, 0.3) is 11.4 Å². The molecule has 4 rings (SSSR count). The number of ether oxygens (including phenoxy) is 1. The first kappa shape index (κ1) is 19.3. The van der Waals surface area contributed by atoms with E-state index in [-0.39, 0.29) is 17.5 Å². The van der Waals surface area contributed by atoms with E-state index in [0.29, 0.717) is 0 Å². The van der Waals surface area contributed by atoms with E-state index in [1.807, 2.05) is 11.6 Å². The number of rotatable bonds is 7. The van der Waals surface area contributed by atoms with Crippen molar-refractivity contribution in [3.8, 4) is 11.4 Å². The number of hydrogen-bond acceptors (Lipinski definition) is 6. The largest absolute Gasteiger partial charge is 0.461 e. The molecule has 0 radical (unpaired) electrons. The number of carbonyl (C=O) groups excluding carboxylic acids is 1. The predicted octanol–water partition coefficient (Wildman–Crippen LogP) is 3.91. The third-order valence-corrected chi connectivity index (χ3v) is 7.28. The summed E-state index contributed by atoms with van der Waals surface area (Å²) in [5, 5.41) is 9.60. The van der Waals surface area contributed by atoms with Crippen molar-refractivity contribution in [2.24, 2.45) is 12.5 Å². The highest BCUT2D eigenvalue weighted by molar-refractivity contribution is 7.99. The highest BCUT2D eigenvalue weighted by Crippen LogP contribution is 2.50. The van der Waals surface area contributed by atoms with Crippen LogP contribution in [0.2, 0.25) is 0 Å². The van der Waals surface area contributed by atoms with Crippen LogP contribution in [0.4, 0.5) is 5.69 Å². The molecule has 0 unspecified atom stereocenters. The van der Waals surface area contributed by atoms with Gasteiger partial charge in [-0.3, -0.25) is 4.79 Å². The molecule has 0 N–H and O–H groups in total.